The molecule has 1 saturated carbocycles. The van der Waals surface area contributed by atoms with Crippen molar-refractivity contribution in [2.24, 2.45) is 0 Å². The fourth-order valence-electron chi connectivity index (χ4n) is 3.89. The Balaban J connectivity index is 1.52. The molecule has 3 nitrogen and oxygen atoms in total. The van der Waals surface area contributed by atoms with Gasteiger partial charge in [-0.15, -0.1) is 0 Å². The lowest BCUT2D eigenvalue weighted by Gasteiger charge is -2.33. The number of hydrogen-bond acceptors (Lipinski definition) is 3. The van der Waals surface area contributed by atoms with Gasteiger partial charge in [0, 0.05) is 12.1 Å². The highest BCUT2D eigenvalue weighted by molar-refractivity contribution is 4.79. The zero-order valence-electron chi connectivity index (χ0n) is 14.4. The lowest BCUT2D eigenvalue weighted by atomic mass is 9.94. The Morgan fingerprint density at radius 2 is 1.70 bits per heavy atom. The van der Waals surface area contributed by atoms with E-state index in [0.717, 1.165) is 38.4 Å². The van der Waals surface area contributed by atoms with Crippen LogP contribution >= 0.6 is 0 Å². The zero-order chi connectivity index (χ0) is 16.7. The molecule has 0 atom stereocenters. The van der Waals surface area contributed by atoms with Crippen LogP contribution < -0.4 is 5.32 Å². The molecule has 1 heterocycles. The molecule has 0 amide bonds. The first-order chi connectivity index (χ1) is 10.9. The SMILES string of the molecule is CN(CCCNC1CCN(CC(F)(F)F)CC1)C1CCCCC1. The molecule has 1 saturated heterocycles. The minimum atomic E-state index is -4.07. The lowest BCUT2D eigenvalue weighted by molar-refractivity contribution is -0.148. The number of rotatable bonds is 7. The first kappa shape index (κ1) is 19.0. The van der Waals surface area contributed by atoms with E-state index in [1.54, 1.807) is 0 Å². The van der Waals surface area contributed by atoms with Crippen molar-refractivity contribution in [1.82, 2.24) is 15.1 Å². The standard InChI is InChI=1S/C17H32F3N3/c1-22(16-6-3-2-4-7-16)11-5-10-21-15-8-12-23(13-9-15)14-17(18,19)20/h15-16,21H,2-14H2,1H3. The topological polar surface area (TPSA) is 18.5 Å². The fraction of sp³-hybridized carbons (Fsp3) is 1.00. The fourth-order valence-corrected chi connectivity index (χ4v) is 3.89. The average Bonchev–Trinajstić information content (AvgIpc) is 2.52. The van der Waals surface area contributed by atoms with Crippen molar-refractivity contribution in [2.45, 2.75) is 69.6 Å². The molecule has 23 heavy (non-hydrogen) atoms. The summed E-state index contributed by atoms with van der Waals surface area (Å²) in [6.07, 6.45) is 5.50. The molecule has 0 bridgehead atoms. The molecule has 0 spiro atoms. The Kier molecular flexibility index (Phi) is 7.63. The van der Waals surface area contributed by atoms with Crippen LogP contribution in [0.4, 0.5) is 13.2 Å². The molecule has 1 aliphatic carbocycles. The van der Waals surface area contributed by atoms with E-state index in [1.807, 2.05) is 0 Å². The van der Waals surface area contributed by atoms with Crippen LogP contribution in [0.1, 0.15) is 51.4 Å². The van der Waals surface area contributed by atoms with Gasteiger partial charge in [0.05, 0.1) is 6.54 Å². The van der Waals surface area contributed by atoms with E-state index in [1.165, 1.54) is 37.0 Å². The van der Waals surface area contributed by atoms with Crippen LogP contribution in [-0.4, -0.2) is 67.8 Å². The maximum absolute atomic E-state index is 12.4. The molecular formula is C17H32F3N3. The minimum Gasteiger partial charge on any atom is -0.314 e. The van der Waals surface area contributed by atoms with E-state index >= 15 is 0 Å². The lowest BCUT2D eigenvalue weighted by Crippen LogP contribution is -2.46. The largest absolute Gasteiger partial charge is 0.401 e. The first-order valence-corrected chi connectivity index (χ1v) is 9.17. The van der Waals surface area contributed by atoms with Crippen LogP contribution in [0, 0.1) is 0 Å². The van der Waals surface area contributed by atoms with Crippen molar-refractivity contribution in [3.63, 3.8) is 0 Å². The molecule has 1 N–H and O–H groups in total. The van der Waals surface area contributed by atoms with E-state index < -0.39 is 12.7 Å². The van der Waals surface area contributed by atoms with Crippen molar-refractivity contribution < 1.29 is 13.2 Å². The Morgan fingerprint density at radius 1 is 1.04 bits per heavy atom. The summed E-state index contributed by atoms with van der Waals surface area (Å²) in [6.45, 7) is 2.44. The number of alkyl halides is 3. The molecule has 2 aliphatic rings. The van der Waals surface area contributed by atoms with Crippen molar-refractivity contribution >= 4 is 0 Å². The smallest absolute Gasteiger partial charge is 0.314 e. The van der Waals surface area contributed by atoms with Gasteiger partial charge in [0.2, 0.25) is 0 Å². The summed E-state index contributed by atoms with van der Waals surface area (Å²) in [5.41, 5.74) is 0. The monoisotopic (exact) mass is 335 g/mol. The van der Waals surface area contributed by atoms with Gasteiger partial charge in [0.1, 0.15) is 0 Å². The Morgan fingerprint density at radius 3 is 2.30 bits per heavy atom. The minimum absolute atomic E-state index is 0.388. The number of piperidine rings is 1. The van der Waals surface area contributed by atoms with Crippen LogP contribution in [0.3, 0.4) is 0 Å². The molecule has 2 rings (SSSR count). The number of likely N-dealkylation sites (tertiary alicyclic amines) is 1. The second kappa shape index (κ2) is 9.23. The normalized spacial score (nSPS) is 22.8. The van der Waals surface area contributed by atoms with Gasteiger partial charge in [0.25, 0.3) is 0 Å². The van der Waals surface area contributed by atoms with E-state index in [2.05, 4.69) is 17.3 Å². The molecule has 1 aliphatic heterocycles. The molecule has 0 aromatic heterocycles. The third-order valence-corrected chi connectivity index (χ3v) is 5.31. The summed E-state index contributed by atoms with van der Waals surface area (Å²) in [5, 5.41) is 3.53. The average molecular weight is 335 g/mol. The van der Waals surface area contributed by atoms with Crippen molar-refractivity contribution in [2.75, 3.05) is 39.8 Å². The Bertz CT molecular complexity index is 322. The van der Waals surface area contributed by atoms with Crippen LogP contribution in [0.2, 0.25) is 0 Å². The molecule has 2 fully saturated rings. The molecule has 0 radical (unpaired) electrons. The first-order valence-electron chi connectivity index (χ1n) is 9.17. The zero-order valence-corrected chi connectivity index (χ0v) is 14.4. The van der Waals surface area contributed by atoms with Gasteiger partial charge < -0.3 is 10.2 Å². The third-order valence-electron chi connectivity index (χ3n) is 5.31. The predicted molar refractivity (Wildman–Crippen MR) is 87.6 cm³/mol. The van der Waals surface area contributed by atoms with Crippen LogP contribution in [0.15, 0.2) is 0 Å². The predicted octanol–water partition coefficient (Wildman–Crippen LogP) is 3.26. The van der Waals surface area contributed by atoms with Crippen molar-refractivity contribution in [1.29, 1.82) is 0 Å². The number of hydrogen-bond donors (Lipinski definition) is 1. The Labute approximate surface area is 138 Å². The second-order valence-electron chi connectivity index (χ2n) is 7.25. The Hall–Kier alpha value is -0.330. The molecule has 136 valence electrons. The molecule has 0 aromatic rings. The summed E-state index contributed by atoms with van der Waals surface area (Å²) in [7, 11) is 2.23. The van der Waals surface area contributed by atoms with Crippen LogP contribution in [0.25, 0.3) is 0 Å². The highest BCUT2D eigenvalue weighted by Gasteiger charge is 2.32. The van der Waals surface area contributed by atoms with Gasteiger partial charge >= 0.3 is 6.18 Å². The van der Waals surface area contributed by atoms with E-state index in [9.17, 15) is 13.2 Å². The number of nitrogens with zero attached hydrogens (tertiary/aromatic N) is 2. The summed E-state index contributed by atoms with van der Waals surface area (Å²) in [5.74, 6) is 0. The van der Waals surface area contributed by atoms with E-state index in [-0.39, 0.29) is 0 Å². The second-order valence-corrected chi connectivity index (χ2v) is 7.25. The number of nitrogens with one attached hydrogen (secondary N) is 1. The summed E-state index contributed by atoms with van der Waals surface area (Å²) < 4.78 is 37.1. The summed E-state index contributed by atoms with van der Waals surface area (Å²) >= 11 is 0. The summed E-state index contributed by atoms with van der Waals surface area (Å²) in [4.78, 5) is 4.02. The highest BCUT2D eigenvalue weighted by atomic mass is 19.4. The van der Waals surface area contributed by atoms with Gasteiger partial charge in [-0.1, -0.05) is 19.3 Å². The molecule has 0 unspecified atom stereocenters. The van der Waals surface area contributed by atoms with Crippen LogP contribution in [-0.2, 0) is 0 Å². The maximum Gasteiger partial charge on any atom is 0.401 e. The highest BCUT2D eigenvalue weighted by Crippen LogP contribution is 2.22. The molecule has 0 aromatic carbocycles. The molecule has 6 heteroatoms. The van der Waals surface area contributed by atoms with Gasteiger partial charge in [-0.2, -0.15) is 13.2 Å². The van der Waals surface area contributed by atoms with Gasteiger partial charge in [-0.25, -0.2) is 0 Å². The third kappa shape index (κ3) is 7.40. The van der Waals surface area contributed by atoms with E-state index in [4.69, 9.17) is 0 Å². The van der Waals surface area contributed by atoms with Gasteiger partial charge in [-0.05, 0) is 65.3 Å². The number of halogens is 3. The van der Waals surface area contributed by atoms with Gasteiger partial charge in [0.15, 0.2) is 0 Å². The van der Waals surface area contributed by atoms with Gasteiger partial charge in [-0.3, -0.25) is 4.90 Å². The summed E-state index contributed by atoms with van der Waals surface area (Å²) in [6, 6.07) is 1.15. The maximum atomic E-state index is 12.4. The van der Waals surface area contributed by atoms with Crippen molar-refractivity contribution in [3.05, 3.63) is 0 Å². The quantitative estimate of drug-likeness (QED) is 0.721. The van der Waals surface area contributed by atoms with E-state index in [0.29, 0.717) is 19.1 Å². The molecular weight excluding hydrogens is 303 g/mol. The van der Waals surface area contributed by atoms with Crippen LogP contribution in [0.5, 0.6) is 0 Å². The van der Waals surface area contributed by atoms with Crippen molar-refractivity contribution in [3.8, 4) is 0 Å².